The van der Waals surface area contributed by atoms with Crippen molar-refractivity contribution in [1.82, 2.24) is 0 Å². The van der Waals surface area contributed by atoms with Crippen molar-refractivity contribution in [3.05, 3.63) is 0 Å². The minimum atomic E-state index is -0.195. The van der Waals surface area contributed by atoms with Gasteiger partial charge in [-0.3, -0.25) is 0 Å². The second-order valence-electron chi connectivity index (χ2n) is 3.41. The molecule has 1 saturated heterocycles. The lowest BCUT2D eigenvalue weighted by molar-refractivity contribution is 0.746. The molecule has 0 N–H and O–H groups in total. The van der Waals surface area contributed by atoms with Gasteiger partial charge in [-0.05, 0) is 12.8 Å². The lowest BCUT2D eigenvalue weighted by atomic mass is 10.3. The molecule has 1 heterocycles. The van der Waals surface area contributed by atoms with E-state index in [0.717, 1.165) is 4.83 Å². The predicted molar refractivity (Wildman–Crippen MR) is 53.8 cm³/mol. The quantitative estimate of drug-likeness (QED) is 0.496. The molecular weight excluding hydrogens is 204 g/mol. The lowest BCUT2D eigenvalue weighted by Crippen LogP contribution is -2.20. The maximum absolute atomic E-state index is 3.69. The van der Waals surface area contributed by atoms with Crippen LogP contribution in [0.2, 0.25) is 18.1 Å². The molecule has 0 amide bonds. The zero-order chi connectivity index (χ0) is 7.40. The monoisotopic (exact) mass is 220 g/mol. The Hall–Kier alpha value is 0.697. The molecule has 0 radical (unpaired) electrons. The van der Waals surface area contributed by atoms with E-state index in [9.17, 15) is 0 Å². The molecule has 1 rings (SSSR count). The van der Waals surface area contributed by atoms with E-state index >= 15 is 0 Å². The summed E-state index contributed by atoms with van der Waals surface area (Å²) in [5.74, 6) is 0. The predicted octanol–water partition coefficient (Wildman–Crippen LogP) is 3.18. The molecule has 1 aliphatic heterocycles. The van der Waals surface area contributed by atoms with Gasteiger partial charge in [0.2, 0.25) is 0 Å². The minimum absolute atomic E-state index is 0.195. The third-order valence-electron chi connectivity index (χ3n) is 2.47. The van der Waals surface area contributed by atoms with E-state index in [2.05, 4.69) is 22.9 Å². The molecule has 0 unspecified atom stereocenters. The van der Waals surface area contributed by atoms with Crippen LogP contribution in [-0.2, 0) is 0 Å². The molecular formula is C8H17BrSi. The highest BCUT2D eigenvalue weighted by Gasteiger charge is 2.18. The molecule has 0 spiro atoms. The lowest BCUT2D eigenvalue weighted by Gasteiger charge is -2.23. The van der Waals surface area contributed by atoms with Gasteiger partial charge in [-0.1, -0.05) is 47.4 Å². The Morgan fingerprint density at radius 3 is 2.50 bits per heavy atom. The van der Waals surface area contributed by atoms with Crippen LogP contribution >= 0.6 is 15.9 Å². The Morgan fingerprint density at radius 1 is 1.40 bits per heavy atom. The van der Waals surface area contributed by atoms with E-state index in [0.29, 0.717) is 0 Å². The molecule has 0 bridgehead atoms. The Balaban J connectivity index is 2.13. The van der Waals surface area contributed by atoms with Crippen LogP contribution in [0.5, 0.6) is 0 Å². The average Bonchev–Trinajstić information content (AvgIpc) is 1.95. The van der Waals surface area contributed by atoms with Crippen LogP contribution in [0.15, 0.2) is 0 Å². The van der Waals surface area contributed by atoms with Crippen LogP contribution < -0.4 is 0 Å². The first-order valence-corrected chi connectivity index (χ1v) is 7.83. The smallest absolute Gasteiger partial charge is 0.0368 e. The first-order chi connectivity index (χ1) is 4.83. The molecule has 0 aliphatic carbocycles. The number of hydrogen-bond donors (Lipinski definition) is 0. The Bertz CT molecular complexity index is 87.3. The molecule has 0 atom stereocenters. The van der Waals surface area contributed by atoms with Crippen molar-refractivity contribution in [2.75, 3.05) is 0 Å². The fraction of sp³-hybridized carbons (Fsp3) is 1.00. The molecule has 0 aromatic heterocycles. The fourth-order valence-electron chi connectivity index (χ4n) is 1.82. The van der Waals surface area contributed by atoms with Crippen molar-refractivity contribution in [2.24, 2.45) is 0 Å². The first kappa shape index (κ1) is 8.79. The third kappa shape index (κ3) is 2.75. The summed E-state index contributed by atoms with van der Waals surface area (Å²) >= 11 is 3.69. The topological polar surface area (TPSA) is 0 Å². The van der Waals surface area contributed by atoms with Gasteiger partial charge in [-0.2, -0.15) is 0 Å². The summed E-state index contributed by atoms with van der Waals surface area (Å²) in [6.45, 7) is 2.33. The first-order valence-electron chi connectivity index (χ1n) is 4.47. The summed E-state index contributed by atoms with van der Waals surface area (Å²) in [4.78, 5) is 0.869. The van der Waals surface area contributed by atoms with Crippen molar-refractivity contribution in [3.63, 3.8) is 0 Å². The van der Waals surface area contributed by atoms with Crippen LogP contribution in [0.25, 0.3) is 0 Å². The van der Waals surface area contributed by atoms with Crippen molar-refractivity contribution in [3.8, 4) is 0 Å². The van der Waals surface area contributed by atoms with E-state index in [1.165, 1.54) is 19.3 Å². The standard InChI is InChI=1S/C8H17BrSi/c1-2-5-10-6-3-8(9)4-7-10/h8,10H,2-7H2,1H3. The molecule has 10 heavy (non-hydrogen) atoms. The summed E-state index contributed by atoms with van der Waals surface area (Å²) in [5, 5.41) is 0. The fourth-order valence-corrected chi connectivity index (χ4v) is 6.75. The van der Waals surface area contributed by atoms with Crippen molar-refractivity contribution in [1.29, 1.82) is 0 Å². The summed E-state index contributed by atoms with van der Waals surface area (Å²) < 4.78 is 0. The molecule has 0 aromatic rings. The van der Waals surface area contributed by atoms with E-state index in [1.54, 1.807) is 18.1 Å². The Kier molecular flexibility index (Phi) is 4.00. The van der Waals surface area contributed by atoms with Gasteiger partial charge in [0, 0.05) is 13.6 Å². The van der Waals surface area contributed by atoms with Crippen LogP contribution in [0.1, 0.15) is 26.2 Å². The van der Waals surface area contributed by atoms with Gasteiger partial charge in [0.15, 0.2) is 0 Å². The number of halogens is 1. The normalized spacial score (nSPS) is 34.2. The third-order valence-corrected chi connectivity index (χ3v) is 7.08. The summed E-state index contributed by atoms with van der Waals surface area (Å²) in [6.07, 6.45) is 4.37. The molecule has 0 saturated carbocycles. The largest absolute Gasteiger partial charge is 0.0891 e. The second kappa shape index (κ2) is 4.55. The number of alkyl halides is 1. The van der Waals surface area contributed by atoms with Gasteiger partial charge in [0.05, 0.1) is 0 Å². The van der Waals surface area contributed by atoms with E-state index in [4.69, 9.17) is 0 Å². The summed E-state index contributed by atoms with van der Waals surface area (Å²) in [7, 11) is -0.195. The van der Waals surface area contributed by atoms with Gasteiger partial charge < -0.3 is 0 Å². The molecule has 1 aliphatic rings. The SMILES string of the molecule is CCC[SiH]1CCC(Br)CC1. The average molecular weight is 221 g/mol. The maximum Gasteiger partial charge on any atom is 0.0368 e. The maximum atomic E-state index is 3.69. The minimum Gasteiger partial charge on any atom is -0.0891 e. The summed E-state index contributed by atoms with van der Waals surface area (Å²) in [5.41, 5.74) is 0. The van der Waals surface area contributed by atoms with Crippen LogP contribution in [0, 0.1) is 0 Å². The highest BCUT2D eigenvalue weighted by molar-refractivity contribution is 9.09. The van der Waals surface area contributed by atoms with Crippen molar-refractivity contribution >= 4 is 24.7 Å². The van der Waals surface area contributed by atoms with E-state index in [-0.39, 0.29) is 8.80 Å². The van der Waals surface area contributed by atoms with Gasteiger partial charge >= 0.3 is 0 Å². The number of rotatable bonds is 2. The molecule has 0 nitrogen and oxygen atoms in total. The van der Waals surface area contributed by atoms with Crippen molar-refractivity contribution < 1.29 is 0 Å². The van der Waals surface area contributed by atoms with Crippen LogP contribution in [0.3, 0.4) is 0 Å². The highest BCUT2D eigenvalue weighted by Crippen LogP contribution is 2.27. The Morgan fingerprint density at radius 2 is 2.00 bits per heavy atom. The van der Waals surface area contributed by atoms with E-state index < -0.39 is 0 Å². The van der Waals surface area contributed by atoms with E-state index in [1.807, 2.05) is 0 Å². The molecule has 60 valence electrons. The van der Waals surface area contributed by atoms with Crippen LogP contribution in [0.4, 0.5) is 0 Å². The van der Waals surface area contributed by atoms with Gasteiger partial charge in [0.25, 0.3) is 0 Å². The second-order valence-corrected chi connectivity index (χ2v) is 8.17. The summed E-state index contributed by atoms with van der Waals surface area (Å²) in [6, 6.07) is 4.80. The van der Waals surface area contributed by atoms with Gasteiger partial charge in [-0.15, -0.1) is 0 Å². The Labute approximate surface area is 74.1 Å². The molecule has 0 aromatic carbocycles. The van der Waals surface area contributed by atoms with Gasteiger partial charge in [-0.25, -0.2) is 0 Å². The zero-order valence-electron chi connectivity index (χ0n) is 6.78. The zero-order valence-corrected chi connectivity index (χ0v) is 9.52. The molecule has 2 heteroatoms. The number of hydrogen-bond acceptors (Lipinski definition) is 0. The van der Waals surface area contributed by atoms with Crippen molar-refractivity contribution in [2.45, 2.75) is 49.1 Å². The van der Waals surface area contributed by atoms with Gasteiger partial charge in [0.1, 0.15) is 0 Å². The highest BCUT2D eigenvalue weighted by atomic mass is 79.9. The molecule has 1 fully saturated rings. The van der Waals surface area contributed by atoms with Crippen LogP contribution in [-0.4, -0.2) is 13.6 Å².